The number of unbranched alkanes of at least 4 members (excludes halogenated alkanes) is 3. The summed E-state index contributed by atoms with van der Waals surface area (Å²) >= 11 is 6.97. The molecule has 3 heterocycles. The summed E-state index contributed by atoms with van der Waals surface area (Å²) in [5.74, 6) is -1.60. The van der Waals surface area contributed by atoms with Crippen molar-refractivity contribution in [1.82, 2.24) is 35.8 Å². The highest BCUT2D eigenvalue weighted by Crippen LogP contribution is 2.51. The van der Waals surface area contributed by atoms with Crippen molar-refractivity contribution in [2.24, 2.45) is 0 Å². The number of esters is 1. The van der Waals surface area contributed by atoms with Gasteiger partial charge >= 0.3 is 5.97 Å². The minimum atomic E-state index is -1.18. The average Bonchev–Trinajstić information content (AvgIpc) is 4.13. The number of alkyl halides is 1. The Balaban J connectivity index is 0.913. The van der Waals surface area contributed by atoms with E-state index in [2.05, 4.69) is 26.3 Å². The molecule has 4 amide bonds. The van der Waals surface area contributed by atoms with Crippen LogP contribution in [0.25, 0.3) is 0 Å². The first-order chi connectivity index (χ1) is 37.2. The van der Waals surface area contributed by atoms with Gasteiger partial charge in [-0.15, -0.1) is 28.5 Å². The van der Waals surface area contributed by atoms with Gasteiger partial charge in [-0.3, -0.25) is 29.3 Å². The van der Waals surface area contributed by atoms with Gasteiger partial charge in [0.05, 0.1) is 109 Å². The van der Waals surface area contributed by atoms with Gasteiger partial charge < -0.3 is 63.5 Å². The molecule has 1 unspecified atom stereocenters. The van der Waals surface area contributed by atoms with E-state index >= 15 is 0 Å². The van der Waals surface area contributed by atoms with Crippen molar-refractivity contribution in [3.05, 3.63) is 75.6 Å². The molecule has 5 rings (SSSR count). The minimum absolute atomic E-state index is 0.0660. The lowest BCUT2D eigenvalue weighted by Crippen LogP contribution is -2.71. The minimum Gasteiger partial charge on any atom is -0.493 e. The molecule has 0 bridgehead atoms. The molecule has 0 spiro atoms. The van der Waals surface area contributed by atoms with Gasteiger partial charge in [0.15, 0.2) is 11.5 Å². The number of ether oxygens (including phenoxy) is 9. The van der Waals surface area contributed by atoms with Gasteiger partial charge in [0.2, 0.25) is 23.6 Å². The van der Waals surface area contributed by atoms with Gasteiger partial charge in [0.1, 0.15) is 36.2 Å². The Kier molecular flexibility index (Phi) is 26.6. The van der Waals surface area contributed by atoms with Crippen LogP contribution in [0.15, 0.2) is 48.7 Å². The number of amides is 4. The first-order valence-electron chi connectivity index (χ1n) is 25.6. The van der Waals surface area contributed by atoms with E-state index < -0.39 is 63.0 Å². The average molecular weight is 1120 g/mol. The number of thioether (sulfide) groups is 1. The molecule has 2 aliphatic rings. The van der Waals surface area contributed by atoms with Crippen LogP contribution in [0.3, 0.4) is 0 Å². The number of nitro groups is 1. The number of β-lactam (4-membered cyclic amide) rings is 1. The maximum absolute atomic E-state index is 13.9. The molecule has 77 heavy (non-hydrogen) atoms. The number of nitrogens with zero attached hydrogens (tertiary/aromatic N) is 5. The van der Waals surface area contributed by atoms with Crippen molar-refractivity contribution in [2.45, 2.75) is 100 Å². The molecule has 3 aromatic rings. The molecule has 2 aromatic carbocycles. The first-order valence-corrected chi connectivity index (χ1v) is 27.0. The molecule has 0 aliphatic carbocycles. The number of carbonyl (C=O) groups is 5. The second-order valence-electron chi connectivity index (χ2n) is 18.3. The summed E-state index contributed by atoms with van der Waals surface area (Å²) in [6.07, 6.45) is 5.72. The third kappa shape index (κ3) is 19.6. The molecular weight excluding hydrogens is 1050 g/mol. The Morgan fingerprint density at radius 2 is 1.45 bits per heavy atom. The van der Waals surface area contributed by atoms with E-state index in [4.69, 9.17) is 54.2 Å². The molecule has 426 valence electrons. The molecular formula is C51H73ClN8O16S. The standard InChI is InChI=1S/C51H73ClN8O16S/c1-35(38-31-40(68-4)41(69-5)32-39(38)60(66)67)76-50(65)46-51(2,3)77-49-45(48(64)59(46)49)55-47(63)44(36-13-9-8-10-14-36)54-43(62)34-75-30-29-74-28-27-73-26-25-72-22-19-58-33-37(56-57-58)15-16-42(61)53-18-21-71-24-23-70-20-12-7-6-11-17-52/h8-10,13-14,31-33,35,44-46,49H,6-7,11-12,15-30,34H2,1-5H3,(H,53,61)(H,54,62)(H,55,63)/t35?,44-,45-,46+,49-/m1/s1. The first kappa shape index (κ1) is 62.2. The highest BCUT2D eigenvalue weighted by molar-refractivity contribution is 8.01. The second kappa shape index (κ2) is 32.9. The summed E-state index contributed by atoms with van der Waals surface area (Å²) in [6, 6.07) is 7.77. The SMILES string of the molecule is COc1cc(C(C)OC(=O)[C@@H]2N3C(=O)[C@@H](NC(=O)[C@H](NC(=O)COCCOCCOCCOCCn4cc(CCC(=O)NCCOCCOCCCCCCCl)nn4)c4ccccc4)[C@H]3SC2(C)C)c([N+](=O)[O-])cc1OC. The van der Waals surface area contributed by atoms with Gasteiger partial charge in [-0.2, -0.15) is 0 Å². The van der Waals surface area contributed by atoms with E-state index in [9.17, 15) is 34.1 Å². The van der Waals surface area contributed by atoms with Crippen LogP contribution in [-0.4, -0.2) is 183 Å². The number of methoxy groups -OCH3 is 2. The summed E-state index contributed by atoms with van der Waals surface area (Å²) in [6.45, 7) is 9.67. The number of hydrogen-bond acceptors (Lipinski definition) is 19. The quantitative estimate of drug-likeness (QED) is 0.0183. The molecule has 1 aromatic heterocycles. The van der Waals surface area contributed by atoms with Crippen molar-refractivity contribution in [1.29, 1.82) is 0 Å². The fraction of sp³-hybridized carbons (Fsp3) is 0.627. The van der Waals surface area contributed by atoms with Crippen molar-refractivity contribution >= 4 is 58.6 Å². The van der Waals surface area contributed by atoms with Crippen molar-refractivity contribution in [3.8, 4) is 11.5 Å². The molecule has 0 saturated carbocycles. The van der Waals surface area contributed by atoms with Crippen molar-refractivity contribution in [3.63, 3.8) is 0 Å². The molecule has 26 heteroatoms. The lowest BCUT2D eigenvalue weighted by Gasteiger charge is -2.44. The summed E-state index contributed by atoms with van der Waals surface area (Å²) in [5.41, 5.74) is 0.894. The molecule has 3 N–H and O–H groups in total. The van der Waals surface area contributed by atoms with Crippen LogP contribution in [0.4, 0.5) is 5.69 Å². The van der Waals surface area contributed by atoms with Gasteiger partial charge in [0.25, 0.3) is 5.69 Å². The molecule has 0 radical (unpaired) electrons. The maximum atomic E-state index is 13.9. The number of nitro benzene ring substituents is 1. The number of aromatic nitrogens is 3. The van der Waals surface area contributed by atoms with E-state index in [1.165, 1.54) is 49.9 Å². The topological polar surface area (TPSA) is 282 Å². The predicted molar refractivity (Wildman–Crippen MR) is 282 cm³/mol. The van der Waals surface area contributed by atoms with Gasteiger partial charge in [0, 0.05) is 42.8 Å². The fourth-order valence-electron chi connectivity index (χ4n) is 8.29. The largest absolute Gasteiger partial charge is 0.493 e. The van der Waals surface area contributed by atoms with Crippen LogP contribution in [-0.2, 0) is 70.1 Å². The number of nitrogens with one attached hydrogen (secondary N) is 3. The number of carbonyl (C=O) groups excluding carboxylic acids is 5. The summed E-state index contributed by atoms with van der Waals surface area (Å²) < 4.78 is 50.4. The van der Waals surface area contributed by atoms with E-state index in [-0.39, 0.29) is 61.5 Å². The zero-order valence-electron chi connectivity index (χ0n) is 44.4. The molecule has 5 atom stereocenters. The monoisotopic (exact) mass is 1120 g/mol. The normalized spacial score (nSPS) is 17.2. The number of benzene rings is 2. The smallest absolute Gasteiger partial charge is 0.330 e. The highest BCUT2D eigenvalue weighted by Gasteiger charge is 2.65. The van der Waals surface area contributed by atoms with Gasteiger partial charge in [-0.1, -0.05) is 48.4 Å². The molecule has 2 fully saturated rings. The number of halogens is 1. The van der Waals surface area contributed by atoms with E-state index in [1.807, 2.05) is 0 Å². The van der Waals surface area contributed by atoms with Crippen LogP contribution in [0.5, 0.6) is 11.5 Å². The van der Waals surface area contributed by atoms with Crippen LogP contribution in [0.1, 0.15) is 81.8 Å². The third-order valence-electron chi connectivity index (χ3n) is 12.2. The van der Waals surface area contributed by atoms with Crippen molar-refractivity contribution < 1.29 is 71.5 Å². The van der Waals surface area contributed by atoms with Crippen LogP contribution in [0, 0.1) is 10.1 Å². The van der Waals surface area contributed by atoms with E-state index in [0.29, 0.717) is 89.5 Å². The van der Waals surface area contributed by atoms with Crippen LogP contribution >= 0.6 is 23.4 Å². The number of hydrogen-bond donors (Lipinski definition) is 3. The molecule has 2 aliphatic heterocycles. The zero-order valence-corrected chi connectivity index (χ0v) is 46.0. The Morgan fingerprint density at radius 3 is 2.12 bits per heavy atom. The predicted octanol–water partition coefficient (Wildman–Crippen LogP) is 3.86. The number of rotatable bonds is 39. The summed E-state index contributed by atoms with van der Waals surface area (Å²) in [7, 11) is 2.72. The van der Waals surface area contributed by atoms with Crippen LogP contribution < -0.4 is 25.4 Å². The third-order valence-corrected chi connectivity index (χ3v) is 14.1. The maximum Gasteiger partial charge on any atom is 0.330 e. The lowest BCUT2D eigenvalue weighted by atomic mass is 9.95. The Bertz CT molecular complexity index is 2350. The Hall–Kier alpha value is -5.67. The summed E-state index contributed by atoms with van der Waals surface area (Å²) in [5, 5.41) is 27.9. The van der Waals surface area contributed by atoms with Crippen molar-refractivity contribution in [2.75, 3.05) is 106 Å². The second-order valence-corrected chi connectivity index (χ2v) is 20.4. The number of aryl methyl sites for hydroxylation is 1. The Labute approximate surface area is 457 Å². The van der Waals surface area contributed by atoms with Gasteiger partial charge in [-0.05, 0) is 45.2 Å². The zero-order chi connectivity index (χ0) is 55.6. The van der Waals surface area contributed by atoms with Crippen LogP contribution in [0.2, 0.25) is 0 Å². The fourth-order valence-corrected chi connectivity index (χ4v) is 10.1. The summed E-state index contributed by atoms with van der Waals surface area (Å²) in [4.78, 5) is 79.3. The van der Waals surface area contributed by atoms with E-state index in [0.717, 1.165) is 25.7 Å². The number of fused-ring (bicyclic) bond motifs is 1. The highest BCUT2D eigenvalue weighted by atomic mass is 35.5. The lowest BCUT2D eigenvalue weighted by molar-refractivity contribution is -0.386. The molecule has 24 nitrogen and oxygen atoms in total. The molecule has 2 saturated heterocycles. The van der Waals surface area contributed by atoms with E-state index in [1.54, 1.807) is 55.1 Å². The van der Waals surface area contributed by atoms with Gasteiger partial charge in [-0.25, -0.2) is 9.48 Å². The Morgan fingerprint density at radius 1 is 0.831 bits per heavy atom.